The highest BCUT2D eigenvalue weighted by molar-refractivity contribution is 5.95. The van der Waals surface area contributed by atoms with Crippen LogP contribution in [0, 0.1) is 5.92 Å². The van der Waals surface area contributed by atoms with Crippen LogP contribution in [0.25, 0.3) is 0 Å². The van der Waals surface area contributed by atoms with Crippen molar-refractivity contribution in [3.05, 3.63) is 42.0 Å². The Balaban J connectivity index is 3.03. The van der Waals surface area contributed by atoms with Gasteiger partial charge in [-0.1, -0.05) is 31.2 Å². The van der Waals surface area contributed by atoms with E-state index in [2.05, 4.69) is 6.58 Å². The third-order valence-electron chi connectivity index (χ3n) is 2.99. The Kier molecular flexibility index (Phi) is 5.50. The second kappa shape index (κ2) is 6.89. The molecule has 1 rings (SSSR count). The molecule has 1 atom stereocenters. The van der Waals surface area contributed by atoms with Gasteiger partial charge in [-0.05, 0) is 26.0 Å². The van der Waals surface area contributed by atoms with E-state index in [1.54, 1.807) is 19.1 Å². The van der Waals surface area contributed by atoms with E-state index >= 15 is 0 Å². The van der Waals surface area contributed by atoms with E-state index in [1.807, 2.05) is 24.0 Å². The number of hydrogen-bond donors (Lipinski definition) is 1. The molecule has 0 saturated carbocycles. The average molecular weight is 275 g/mol. The largest absolute Gasteiger partial charge is 0.481 e. The third kappa shape index (κ3) is 4.53. The van der Waals surface area contributed by atoms with Crippen LogP contribution in [0.2, 0.25) is 0 Å². The number of benzene rings is 1. The minimum absolute atomic E-state index is 0.00610. The number of hydrogen-bond acceptors (Lipinski definition) is 3. The zero-order valence-electron chi connectivity index (χ0n) is 12.2. The number of aliphatic carboxylic acids is 1. The van der Waals surface area contributed by atoms with Gasteiger partial charge in [-0.25, -0.2) is 0 Å². The Labute approximate surface area is 119 Å². The topological polar surface area (TPSA) is 57.6 Å². The van der Waals surface area contributed by atoms with Crippen LogP contribution in [0.4, 0.5) is 5.69 Å². The summed E-state index contributed by atoms with van der Waals surface area (Å²) in [4.78, 5) is 24.4. The highest BCUT2D eigenvalue weighted by atomic mass is 16.4. The van der Waals surface area contributed by atoms with Gasteiger partial charge >= 0.3 is 5.97 Å². The molecule has 108 valence electrons. The van der Waals surface area contributed by atoms with Crippen LogP contribution in [0.1, 0.15) is 31.1 Å². The molecular weight excluding hydrogens is 254 g/mol. The molecule has 0 aromatic heterocycles. The van der Waals surface area contributed by atoms with E-state index < -0.39 is 11.9 Å². The molecule has 1 aromatic rings. The molecule has 4 heteroatoms. The number of carbonyl (C=O) groups excluding carboxylic acids is 1. The average Bonchev–Trinajstić information content (AvgIpc) is 2.37. The third-order valence-corrected chi connectivity index (χ3v) is 2.99. The molecule has 0 bridgehead atoms. The smallest absolute Gasteiger partial charge is 0.308 e. The maximum Gasteiger partial charge on any atom is 0.308 e. The molecule has 0 radical (unpaired) electrons. The Morgan fingerprint density at radius 3 is 2.50 bits per heavy atom. The van der Waals surface area contributed by atoms with Crippen molar-refractivity contribution in [1.29, 1.82) is 0 Å². The van der Waals surface area contributed by atoms with E-state index in [4.69, 9.17) is 5.11 Å². The second-order valence-corrected chi connectivity index (χ2v) is 5.18. The lowest BCUT2D eigenvalue weighted by Gasteiger charge is -2.27. The minimum atomic E-state index is -0.834. The van der Waals surface area contributed by atoms with E-state index in [9.17, 15) is 9.59 Å². The van der Waals surface area contributed by atoms with Crippen molar-refractivity contribution < 1.29 is 14.7 Å². The number of rotatable bonds is 7. The Bertz CT molecular complexity index is 522. The van der Waals surface area contributed by atoms with Crippen molar-refractivity contribution in [3.8, 4) is 0 Å². The predicted octanol–water partition coefficient (Wildman–Crippen LogP) is 2.99. The van der Waals surface area contributed by atoms with Gasteiger partial charge in [0.1, 0.15) is 0 Å². The molecule has 1 aromatic carbocycles. The molecule has 1 N–H and O–H groups in total. The summed E-state index contributed by atoms with van der Waals surface area (Å²) in [6.07, 6.45) is 0. The van der Waals surface area contributed by atoms with Crippen LogP contribution in [0.3, 0.4) is 0 Å². The Morgan fingerprint density at radius 2 is 2.00 bits per heavy atom. The van der Waals surface area contributed by atoms with Crippen LogP contribution in [0.15, 0.2) is 36.4 Å². The molecule has 20 heavy (non-hydrogen) atoms. The molecular formula is C16H21NO3. The van der Waals surface area contributed by atoms with E-state index in [1.165, 1.54) is 6.92 Å². The van der Waals surface area contributed by atoms with E-state index in [-0.39, 0.29) is 5.78 Å². The fourth-order valence-corrected chi connectivity index (χ4v) is 1.92. The van der Waals surface area contributed by atoms with Crippen molar-refractivity contribution in [1.82, 2.24) is 0 Å². The molecule has 0 fully saturated rings. The van der Waals surface area contributed by atoms with Gasteiger partial charge in [0.2, 0.25) is 0 Å². The highest BCUT2D eigenvalue weighted by Gasteiger charge is 2.17. The standard InChI is InChI=1S/C16H21NO3/c1-11(2)9-17(10-12(3)16(19)20)15-7-5-6-14(8-15)13(4)18/h5-8,12H,1,9-10H2,2-4H3,(H,19,20). The van der Waals surface area contributed by atoms with Gasteiger partial charge in [-0.15, -0.1) is 0 Å². The highest BCUT2D eigenvalue weighted by Crippen LogP contribution is 2.19. The molecule has 0 saturated heterocycles. The Morgan fingerprint density at radius 1 is 1.35 bits per heavy atom. The first-order valence-electron chi connectivity index (χ1n) is 6.54. The lowest BCUT2D eigenvalue weighted by Crippen LogP contribution is -2.33. The maximum atomic E-state index is 11.4. The first kappa shape index (κ1) is 16.0. The molecule has 4 nitrogen and oxygen atoms in total. The van der Waals surface area contributed by atoms with Gasteiger partial charge < -0.3 is 10.0 Å². The number of carboxylic acid groups (broad SMARTS) is 1. The fourth-order valence-electron chi connectivity index (χ4n) is 1.92. The summed E-state index contributed by atoms with van der Waals surface area (Å²) in [7, 11) is 0. The lowest BCUT2D eigenvalue weighted by molar-refractivity contribution is -0.140. The monoisotopic (exact) mass is 275 g/mol. The molecule has 0 amide bonds. The van der Waals surface area contributed by atoms with Gasteiger partial charge in [0, 0.05) is 24.3 Å². The van der Waals surface area contributed by atoms with Crippen molar-refractivity contribution in [2.75, 3.05) is 18.0 Å². The van der Waals surface area contributed by atoms with Crippen molar-refractivity contribution in [2.45, 2.75) is 20.8 Å². The normalized spacial score (nSPS) is 11.8. The predicted molar refractivity (Wildman–Crippen MR) is 80.3 cm³/mol. The van der Waals surface area contributed by atoms with Crippen molar-refractivity contribution in [2.24, 2.45) is 5.92 Å². The number of carboxylic acids is 1. The zero-order valence-corrected chi connectivity index (χ0v) is 12.2. The minimum Gasteiger partial charge on any atom is -0.481 e. The SMILES string of the molecule is C=C(C)CN(CC(C)C(=O)O)c1cccc(C(C)=O)c1. The summed E-state index contributed by atoms with van der Waals surface area (Å²) >= 11 is 0. The van der Waals surface area contributed by atoms with Gasteiger partial charge in [0.15, 0.2) is 5.78 Å². The van der Waals surface area contributed by atoms with Crippen molar-refractivity contribution in [3.63, 3.8) is 0 Å². The fraction of sp³-hybridized carbons (Fsp3) is 0.375. The van der Waals surface area contributed by atoms with Crippen LogP contribution in [0.5, 0.6) is 0 Å². The second-order valence-electron chi connectivity index (χ2n) is 5.18. The van der Waals surface area contributed by atoms with Gasteiger partial charge in [0.25, 0.3) is 0 Å². The number of carbonyl (C=O) groups is 2. The number of anilines is 1. The zero-order chi connectivity index (χ0) is 15.3. The molecule has 0 aliphatic carbocycles. The van der Waals surface area contributed by atoms with Gasteiger partial charge in [-0.3, -0.25) is 9.59 Å². The van der Waals surface area contributed by atoms with Gasteiger partial charge in [-0.2, -0.15) is 0 Å². The number of nitrogens with zero attached hydrogens (tertiary/aromatic N) is 1. The maximum absolute atomic E-state index is 11.4. The molecule has 0 heterocycles. The number of Topliss-reactive ketones (excluding diaryl/α,β-unsaturated/α-hetero) is 1. The summed E-state index contributed by atoms with van der Waals surface area (Å²) in [6, 6.07) is 7.23. The summed E-state index contributed by atoms with van der Waals surface area (Å²) in [5.74, 6) is -1.33. The molecule has 0 spiro atoms. The summed E-state index contributed by atoms with van der Waals surface area (Å²) in [5, 5.41) is 9.05. The molecule has 0 aliphatic heterocycles. The quantitative estimate of drug-likeness (QED) is 0.614. The molecule has 1 unspecified atom stereocenters. The van der Waals surface area contributed by atoms with Crippen LogP contribution < -0.4 is 4.90 Å². The first-order valence-corrected chi connectivity index (χ1v) is 6.54. The number of ketones is 1. The van der Waals surface area contributed by atoms with Crippen molar-refractivity contribution >= 4 is 17.4 Å². The van der Waals surface area contributed by atoms with Gasteiger partial charge in [0.05, 0.1) is 5.92 Å². The van der Waals surface area contributed by atoms with E-state index in [0.29, 0.717) is 18.7 Å². The van der Waals surface area contributed by atoms with Crippen LogP contribution >= 0.6 is 0 Å². The summed E-state index contributed by atoms with van der Waals surface area (Å²) in [6.45, 7) is 9.90. The first-order chi connectivity index (χ1) is 9.31. The summed E-state index contributed by atoms with van der Waals surface area (Å²) in [5.41, 5.74) is 2.40. The van der Waals surface area contributed by atoms with Crippen LogP contribution in [-0.4, -0.2) is 29.9 Å². The Hall–Kier alpha value is -2.10. The molecule has 0 aliphatic rings. The summed E-state index contributed by atoms with van der Waals surface area (Å²) < 4.78 is 0. The van der Waals surface area contributed by atoms with Crippen LogP contribution in [-0.2, 0) is 4.79 Å². The lowest BCUT2D eigenvalue weighted by atomic mass is 10.1. The van der Waals surface area contributed by atoms with E-state index in [0.717, 1.165) is 11.3 Å².